The van der Waals surface area contributed by atoms with E-state index in [1.807, 2.05) is 44.2 Å². The molecule has 0 atom stereocenters. The second-order valence-corrected chi connectivity index (χ2v) is 5.18. The lowest BCUT2D eigenvalue weighted by atomic mass is 9.97. The minimum absolute atomic E-state index is 0.0923. The summed E-state index contributed by atoms with van der Waals surface area (Å²) in [5.74, 6) is 1.44. The first-order valence-electron chi connectivity index (χ1n) is 6.67. The Kier molecular flexibility index (Phi) is 3.15. The molecular formula is C16H14N2O3. The number of benzene rings is 1. The van der Waals surface area contributed by atoms with Crippen molar-refractivity contribution in [1.82, 2.24) is 4.98 Å². The van der Waals surface area contributed by atoms with E-state index in [-0.39, 0.29) is 23.8 Å². The van der Waals surface area contributed by atoms with E-state index in [0.717, 1.165) is 11.1 Å². The second-order valence-electron chi connectivity index (χ2n) is 5.18. The number of aromatic amines is 1. The molecule has 5 nitrogen and oxygen atoms in total. The van der Waals surface area contributed by atoms with Crippen LogP contribution in [-0.2, 0) is 0 Å². The summed E-state index contributed by atoms with van der Waals surface area (Å²) in [6.07, 6.45) is 0. The van der Waals surface area contributed by atoms with Crippen LogP contribution < -0.4 is 15.0 Å². The van der Waals surface area contributed by atoms with Crippen LogP contribution in [0.3, 0.4) is 0 Å². The van der Waals surface area contributed by atoms with Crippen molar-refractivity contribution in [1.29, 1.82) is 5.26 Å². The molecular weight excluding hydrogens is 268 g/mol. The van der Waals surface area contributed by atoms with Crippen molar-refractivity contribution in [2.24, 2.45) is 0 Å². The Labute approximate surface area is 121 Å². The van der Waals surface area contributed by atoms with Gasteiger partial charge in [0.05, 0.1) is 0 Å². The first-order chi connectivity index (χ1) is 10.1. The fourth-order valence-corrected chi connectivity index (χ4v) is 2.37. The predicted molar refractivity (Wildman–Crippen MR) is 77.4 cm³/mol. The van der Waals surface area contributed by atoms with Gasteiger partial charge < -0.3 is 14.5 Å². The number of aromatic nitrogens is 1. The van der Waals surface area contributed by atoms with Crippen LogP contribution in [0.1, 0.15) is 30.9 Å². The third-order valence-electron chi connectivity index (χ3n) is 3.48. The number of ether oxygens (including phenoxy) is 2. The maximum Gasteiger partial charge on any atom is 0.266 e. The molecule has 1 aromatic heterocycles. The molecule has 2 heterocycles. The molecule has 0 fully saturated rings. The smallest absolute Gasteiger partial charge is 0.266 e. The summed E-state index contributed by atoms with van der Waals surface area (Å²) in [7, 11) is 0. The number of pyridine rings is 1. The van der Waals surface area contributed by atoms with E-state index >= 15 is 0 Å². The van der Waals surface area contributed by atoms with E-state index in [4.69, 9.17) is 14.7 Å². The minimum Gasteiger partial charge on any atom is -0.454 e. The Morgan fingerprint density at radius 2 is 2.00 bits per heavy atom. The van der Waals surface area contributed by atoms with E-state index in [1.54, 1.807) is 0 Å². The van der Waals surface area contributed by atoms with E-state index in [1.165, 1.54) is 0 Å². The van der Waals surface area contributed by atoms with Crippen molar-refractivity contribution < 1.29 is 9.47 Å². The van der Waals surface area contributed by atoms with Gasteiger partial charge in [0, 0.05) is 11.3 Å². The molecule has 21 heavy (non-hydrogen) atoms. The van der Waals surface area contributed by atoms with Crippen molar-refractivity contribution in [3.05, 3.63) is 45.7 Å². The molecule has 0 spiro atoms. The van der Waals surface area contributed by atoms with Crippen LogP contribution in [0.5, 0.6) is 11.5 Å². The number of nitrogens with one attached hydrogen (secondary N) is 1. The monoisotopic (exact) mass is 282 g/mol. The third-order valence-corrected chi connectivity index (χ3v) is 3.48. The number of rotatable bonds is 2. The van der Waals surface area contributed by atoms with Crippen LogP contribution in [0.2, 0.25) is 0 Å². The fourth-order valence-electron chi connectivity index (χ4n) is 2.37. The predicted octanol–water partition coefficient (Wildman–Crippen LogP) is 2.77. The van der Waals surface area contributed by atoms with Crippen molar-refractivity contribution in [2.75, 3.05) is 6.79 Å². The van der Waals surface area contributed by atoms with Crippen molar-refractivity contribution >= 4 is 0 Å². The average molecular weight is 282 g/mol. The molecule has 3 rings (SSSR count). The zero-order chi connectivity index (χ0) is 15.0. The molecule has 1 aliphatic heterocycles. The molecule has 0 unspecified atom stereocenters. The van der Waals surface area contributed by atoms with Gasteiger partial charge in [0.25, 0.3) is 5.56 Å². The van der Waals surface area contributed by atoms with E-state index < -0.39 is 0 Å². The van der Waals surface area contributed by atoms with Gasteiger partial charge in [0.1, 0.15) is 11.6 Å². The summed E-state index contributed by atoms with van der Waals surface area (Å²) in [4.78, 5) is 14.8. The summed E-state index contributed by atoms with van der Waals surface area (Å²) in [6.45, 7) is 4.12. The third kappa shape index (κ3) is 2.25. The molecule has 0 saturated carbocycles. The fraction of sp³-hybridized carbons (Fsp3) is 0.250. The van der Waals surface area contributed by atoms with Gasteiger partial charge in [0.2, 0.25) is 6.79 Å². The van der Waals surface area contributed by atoms with Crippen LogP contribution in [-0.4, -0.2) is 11.8 Å². The lowest BCUT2D eigenvalue weighted by Crippen LogP contribution is -2.15. The highest BCUT2D eigenvalue weighted by molar-refractivity contribution is 5.65. The molecule has 1 aliphatic rings. The van der Waals surface area contributed by atoms with Crippen LogP contribution in [0.4, 0.5) is 0 Å². The summed E-state index contributed by atoms with van der Waals surface area (Å²) >= 11 is 0. The van der Waals surface area contributed by atoms with E-state index in [2.05, 4.69) is 4.98 Å². The first kappa shape index (κ1) is 13.3. The summed E-state index contributed by atoms with van der Waals surface area (Å²) in [6, 6.07) is 9.31. The SMILES string of the molecule is CC(C)c1cc(-c2ccc3c(c2)OCO3)[nH]c(=O)c1C#N. The van der Waals surface area contributed by atoms with E-state index in [0.29, 0.717) is 17.2 Å². The topological polar surface area (TPSA) is 75.1 Å². The van der Waals surface area contributed by atoms with Gasteiger partial charge in [0.15, 0.2) is 11.5 Å². The van der Waals surface area contributed by atoms with Crippen LogP contribution >= 0.6 is 0 Å². The first-order valence-corrected chi connectivity index (χ1v) is 6.67. The number of hydrogen-bond donors (Lipinski definition) is 1. The highest BCUT2D eigenvalue weighted by Gasteiger charge is 2.17. The molecule has 1 N–H and O–H groups in total. The zero-order valence-corrected chi connectivity index (χ0v) is 11.8. The maximum atomic E-state index is 12.1. The normalized spacial score (nSPS) is 12.5. The molecule has 0 radical (unpaired) electrons. The Morgan fingerprint density at radius 1 is 1.24 bits per heavy atom. The van der Waals surface area contributed by atoms with Gasteiger partial charge >= 0.3 is 0 Å². The van der Waals surface area contributed by atoms with Crippen molar-refractivity contribution in [3.8, 4) is 28.8 Å². The minimum atomic E-state index is -0.364. The van der Waals surface area contributed by atoms with Gasteiger partial charge in [-0.15, -0.1) is 0 Å². The molecule has 0 bridgehead atoms. The number of hydrogen-bond acceptors (Lipinski definition) is 4. The number of nitriles is 1. The molecule has 5 heteroatoms. The Bertz CT molecular complexity index is 800. The number of H-pyrrole nitrogens is 1. The standard InChI is InChI=1S/C16H14N2O3/c1-9(2)11-6-13(18-16(19)12(11)7-17)10-3-4-14-15(5-10)21-8-20-14/h3-6,9H,8H2,1-2H3,(H,18,19). The molecule has 1 aromatic carbocycles. The number of nitrogens with zero attached hydrogens (tertiary/aromatic N) is 1. The lowest BCUT2D eigenvalue weighted by Gasteiger charge is -2.10. The van der Waals surface area contributed by atoms with Gasteiger partial charge in [-0.05, 0) is 35.7 Å². The van der Waals surface area contributed by atoms with Crippen molar-refractivity contribution in [3.63, 3.8) is 0 Å². The number of fused-ring (bicyclic) bond motifs is 1. The summed E-state index contributed by atoms with van der Waals surface area (Å²) in [5.41, 5.74) is 2.04. The Balaban J connectivity index is 2.15. The van der Waals surface area contributed by atoms with Crippen LogP contribution in [0, 0.1) is 11.3 Å². The van der Waals surface area contributed by atoms with Gasteiger partial charge in [-0.25, -0.2) is 0 Å². The molecule has 0 saturated heterocycles. The van der Waals surface area contributed by atoms with Gasteiger partial charge in [-0.1, -0.05) is 13.8 Å². The summed E-state index contributed by atoms with van der Waals surface area (Å²) in [5, 5.41) is 9.13. The zero-order valence-electron chi connectivity index (χ0n) is 11.8. The van der Waals surface area contributed by atoms with Crippen LogP contribution in [0.15, 0.2) is 29.1 Å². The highest BCUT2D eigenvalue weighted by Crippen LogP contribution is 2.35. The van der Waals surface area contributed by atoms with Crippen LogP contribution in [0.25, 0.3) is 11.3 Å². The summed E-state index contributed by atoms with van der Waals surface area (Å²) < 4.78 is 10.6. The maximum absolute atomic E-state index is 12.1. The largest absolute Gasteiger partial charge is 0.454 e. The van der Waals surface area contributed by atoms with E-state index in [9.17, 15) is 4.79 Å². The second kappa shape index (κ2) is 4.98. The van der Waals surface area contributed by atoms with Crippen molar-refractivity contribution in [2.45, 2.75) is 19.8 Å². The highest BCUT2D eigenvalue weighted by atomic mass is 16.7. The van der Waals surface area contributed by atoms with Gasteiger partial charge in [-0.3, -0.25) is 4.79 Å². The lowest BCUT2D eigenvalue weighted by molar-refractivity contribution is 0.174. The van der Waals surface area contributed by atoms with Gasteiger partial charge in [-0.2, -0.15) is 5.26 Å². The molecule has 2 aromatic rings. The molecule has 0 amide bonds. The average Bonchev–Trinajstić information content (AvgIpc) is 2.93. The Morgan fingerprint density at radius 3 is 2.71 bits per heavy atom. The molecule has 0 aliphatic carbocycles. The molecule has 106 valence electrons. The Hall–Kier alpha value is -2.74. The quantitative estimate of drug-likeness (QED) is 0.919.